The molecule has 5 heteroatoms. The maximum atomic E-state index is 11.5. The first-order valence-corrected chi connectivity index (χ1v) is 7.38. The molecule has 0 radical (unpaired) electrons. The van der Waals surface area contributed by atoms with Gasteiger partial charge >= 0.3 is 5.97 Å². The van der Waals surface area contributed by atoms with Crippen LogP contribution in [0.2, 0.25) is 0 Å². The molecule has 2 aromatic rings. The average molecular weight is 335 g/mol. The molecule has 1 aromatic carbocycles. The maximum absolute atomic E-state index is 11.5. The summed E-state index contributed by atoms with van der Waals surface area (Å²) in [5.74, 6) is -0.763. The molecule has 0 spiro atoms. The van der Waals surface area contributed by atoms with Crippen LogP contribution in [0.15, 0.2) is 34.9 Å². The molecule has 0 aliphatic heterocycles. The molecule has 1 aliphatic rings. The number of aromatic nitrogens is 2. The summed E-state index contributed by atoms with van der Waals surface area (Å²) >= 11 is 3.47. The van der Waals surface area contributed by atoms with Crippen LogP contribution in [0.25, 0.3) is 5.69 Å². The second-order valence-electron chi connectivity index (χ2n) is 5.32. The molecule has 104 valence electrons. The monoisotopic (exact) mass is 334 g/mol. The summed E-state index contributed by atoms with van der Waals surface area (Å²) in [5.41, 5.74) is 1.96. The zero-order valence-corrected chi connectivity index (χ0v) is 12.7. The number of benzene rings is 1. The number of carboxylic acids is 1. The van der Waals surface area contributed by atoms with E-state index in [-0.39, 0.29) is 0 Å². The van der Waals surface area contributed by atoms with E-state index in [1.807, 2.05) is 37.4 Å². The van der Waals surface area contributed by atoms with Crippen LogP contribution < -0.4 is 0 Å². The minimum absolute atomic E-state index is 0.664. The van der Waals surface area contributed by atoms with Crippen molar-refractivity contribution in [2.45, 2.75) is 31.6 Å². The van der Waals surface area contributed by atoms with Crippen molar-refractivity contribution in [1.82, 2.24) is 9.78 Å². The Balaban J connectivity index is 1.98. The van der Waals surface area contributed by atoms with E-state index in [2.05, 4.69) is 21.0 Å². The van der Waals surface area contributed by atoms with Crippen LogP contribution >= 0.6 is 15.9 Å². The van der Waals surface area contributed by atoms with Gasteiger partial charge in [-0.25, -0.2) is 4.68 Å². The van der Waals surface area contributed by atoms with E-state index in [4.69, 9.17) is 0 Å². The fraction of sp³-hybridized carbons (Fsp3) is 0.333. The third kappa shape index (κ3) is 1.97. The van der Waals surface area contributed by atoms with Crippen LogP contribution in [-0.2, 0) is 10.2 Å². The van der Waals surface area contributed by atoms with Gasteiger partial charge in [0.2, 0.25) is 0 Å². The lowest BCUT2D eigenvalue weighted by molar-refractivity contribution is -0.147. The van der Waals surface area contributed by atoms with Crippen molar-refractivity contribution in [2.75, 3.05) is 0 Å². The molecular formula is C15H15BrN2O2. The molecule has 0 unspecified atom stereocenters. The Morgan fingerprint density at radius 3 is 2.70 bits per heavy atom. The van der Waals surface area contributed by atoms with Gasteiger partial charge in [-0.3, -0.25) is 4.79 Å². The van der Waals surface area contributed by atoms with Crippen molar-refractivity contribution in [3.05, 3.63) is 46.2 Å². The highest BCUT2D eigenvalue weighted by Crippen LogP contribution is 2.43. The van der Waals surface area contributed by atoms with Crippen LogP contribution in [-0.4, -0.2) is 20.9 Å². The molecule has 1 saturated carbocycles. The van der Waals surface area contributed by atoms with Crippen molar-refractivity contribution < 1.29 is 9.90 Å². The number of aliphatic carboxylic acids is 1. The third-order valence-corrected chi connectivity index (χ3v) is 4.99. The molecule has 0 atom stereocenters. The predicted molar refractivity (Wildman–Crippen MR) is 79.2 cm³/mol. The Kier molecular flexibility index (Phi) is 3.17. The largest absolute Gasteiger partial charge is 0.481 e. The van der Waals surface area contributed by atoms with Crippen molar-refractivity contribution in [1.29, 1.82) is 0 Å². The Morgan fingerprint density at radius 1 is 1.40 bits per heavy atom. The van der Waals surface area contributed by atoms with Crippen LogP contribution in [0.3, 0.4) is 0 Å². The number of aryl methyl sites for hydroxylation is 1. The lowest BCUT2D eigenvalue weighted by atomic mass is 9.67. The number of rotatable bonds is 3. The predicted octanol–water partition coefficient (Wildman–Crippen LogP) is 3.45. The van der Waals surface area contributed by atoms with Crippen LogP contribution in [0.5, 0.6) is 0 Å². The summed E-state index contributed by atoms with van der Waals surface area (Å²) < 4.78 is 2.80. The highest BCUT2D eigenvalue weighted by atomic mass is 79.9. The fourth-order valence-corrected chi connectivity index (χ4v) is 2.85. The molecule has 20 heavy (non-hydrogen) atoms. The van der Waals surface area contributed by atoms with Crippen LogP contribution in [0.4, 0.5) is 0 Å². The van der Waals surface area contributed by atoms with Gasteiger partial charge in [0.1, 0.15) is 5.41 Å². The first-order valence-electron chi connectivity index (χ1n) is 6.59. The number of hydrogen-bond donors (Lipinski definition) is 1. The normalized spacial score (nSPS) is 16.7. The van der Waals surface area contributed by atoms with E-state index >= 15 is 0 Å². The number of hydrogen-bond acceptors (Lipinski definition) is 2. The molecule has 1 aliphatic carbocycles. The molecule has 0 amide bonds. The van der Waals surface area contributed by atoms with Crippen molar-refractivity contribution in [3.8, 4) is 5.69 Å². The Hall–Kier alpha value is -1.62. The zero-order chi connectivity index (χ0) is 14.3. The van der Waals surface area contributed by atoms with Crippen LogP contribution in [0, 0.1) is 6.92 Å². The van der Waals surface area contributed by atoms with Gasteiger partial charge in [-0.1, -0.05) is 22.4 Å². The maximum Gasteiger partial charge on any atom is 0.315 e. The SMILES string of the molecule is Cc1cc(-n2ccc(C3(C(=O)O)CCC3)n2)ccc1Br. The second kappa shape index (κ2) is 4.74. The van der Waals surface area contributed by atoms with E-state index in [0.717, 1.165) is 22.1 Å². The van der Waals surface area contributed by atoms with Gasteiger partial charge in [-0.05, 0) is 49.6 Å². The van der Waals surface area contributed by atoms with E-state index in [1.54, 1.807) is 4.68 Å². The second-order valence-corrected chi connectivity index (χ2v) is 6.17. The lowest BCUT2D eigenvalue weighted by Gasteiger charge is -2.35. The first-order chi connectivity index (χ1) is 9.53. The van der Waals surface area contributed by atoms with Gasteiger partial charge < -0.3 is 5.11 Å². The third-order valence-electron chi connectivity index (χ3n) is 4.10. The summed E-state index contributed by atoms with van der Waals surface area (Å²) in [6.45, 7) is 2.02. The molecule has 1 aromatic heterocycles. The van der Waals surface area contributed by atoms with Gasteiger partial charge in [0, 0.05) is 10.7 Å². The van der Waals surface area contributed by atoms with E-state index in [9.17, 15) is 9.90 Å². The highest BCUT2D eigenvalue weighted by Gasteiger charge is 2.47. The molecule has 0 saturated heterocycles. The number of carboxylic acid groups (broad SMARTS) is 1. The molecule has 1 fully saturated rings. The summed E-state index contributed by atoms with van der Waals surface area (Å²) in [6.07, 6.45) is 4.15. The smallest absolute Gasteiger partial charge is 0.315 e. The molecule has 0 bridgehead atoms. The van der Waals surface area contributed by atoms with Gasteiger partial charge in [0.25, 0.3) is 0 Å². The molecule has 3 rings (SSSR count). The quantitative estimate of drug-likeness (QED) is 0.935. The molecule has 1 N–H and O–H groups in total. The Morgan fingerprint density at radius 2 is 2.15 bits per heavy atom. The summed E-state index contributed by atoms with van der Waals surface area (Å²) in [6, 6.07) is 7.78. The summed E-state index contributed by atoms with van der Waals surface area (Å²) in [5, 5.41) is 13.9. The van der Waals surface area contributed by atoms with Crippen molar-refractivity contribution >= 4 is 21.9 Å². The van der Waals surface area contributed by atoms with E-state index in [0.29, 0.717) is 18.5 Å². The number of halogens is 1. The average Bonchev–Trinajstić information content (AvgIpc) is 2.80. The highest BCUT2D eigenvalue weighted by molar-refractivity contribution is 9.10. The molecule has 4 nitrogen and oxygen atoms in total. The first kappa shape index (κ1) is 13.4. The van der Waals surface area contributed by atoms with Gasteiger partial charge in [-0.15, -0.1) is 0 Å². The Bertz CT molecular complexity index is 674. The lowest BCUT2D eigenvalue weighted by Crippen LogP contribution is -2.42. The Labute approximate surface area is 125 Å². The minimum atomic E-state index is -0.768. The van der Waals surface area contributed by atoms with Crippen molar-refractivity contribution in [2.24, 2.45) is 0 Å². The summed E-state index contributed by atoms with van der Waals surface area (Å²) in [4.78, 5) is 11.5. The minimum Gasteiger partial charge on any atom is -0.481 e. The summed E-state index contributed by atoms with van der Waals surface area (Å²) in [7, 11) is 0. The molecular weight excluding hydrogens is 320 g/mol. The number of carbonyl (C=O) groups is 1. The molecule has 1 heterocycles. The topological polar surface area (TPSA) is 55.1 Å². The van der Waals surface area contributed by atoms with Gasteiger partial charge in [0.15, 0.2) is 0 Å². The van der Waals surface area contributed by atoms with Crippen molar-refractivity contribution in [3.63, 3.8) is 0 Å². The van der Waals surface area contributed by atoms with Crippen LogP contribution in [0.1, 0.15) is 30.5 Å². The van der Waals surface area contributed by atoms with E-state index < -0.39 is 11.4 Å². The van der Waals surface area contributed by atoms with E-state index in [1.165, 1.54) is 0 Å². The fourth-order valence-electron chi connectivity index (χ4n) is 2.60. The van der Waals surface area contributed by atoms with Gasteiger partial charge in [0.05, 0.1) is 11.4 Å². The number of nitrogens with zero attached hydrogens (tertiary/aromatic N) is 2. The standard InChI is InChI=1S/C15H15BrN2O2/c1-10-9-11(3-4-12(10)16)18-8-5-13(17-18)15(14(19)20)6-2-7-15/h3-5,8-9H,2,6-7H2,1H3,(H,19,20). The zero-order valence-electron chi connectivity index (χ0n) is 11.1. The van der Waals surface area contributed by atoms with Gasteiger partial charge in [-0.2, -0.15) is 5.10 Å².